The van der Waals surface area contributed by atoms with Gasteiger partial charge < -0.3 is 19.3 Å². The van der Waals surface area contributed by atoms with Crippen LogP contribution in [0.5, 0.6) is 0 Å². The van der Waals surface area contributed by atoms with Crippen molar-refractivity contribution in [1.82, 2.24) is 24.9 Å². The first kappa shape index (κ1) is 82.1. The molecule has 11 heteroatoms. The van der Waals surface area contributed by atoms with Crippen LogP contribution in [-0.2, 0) is 124 Å². The smallest absolute Gasteiger partial charge is 0.422 e. The molecule has 8 aromatic carbocycles. The Hall–Kier alpha value is -8.88. The van der Waals surface area contributed by atoms with Crippen LogP contribution in [0.3, 0.4) is 0 Å². The first-order valence-electron chi connectivity index (χ1n) is 39.6. The van der Waals surface area contributed by atoms with Crippen LogP contribution in [0, 0.1) is 12.1 Å². The second-order valence-corrected chi connectivity index (χ2v) is 31.3. The van der Waals surface area contributed by atoms with Crippen molar-refractivity contribution < 1.29 is 45.6 Å². The fourth-order valence-electron chi connectivity index (χ4n) is 17.8. The summed E-state index contributed by atoms with van der Waals surface area (Å²) < 4.78 is 7.22. The van der Waals surface area contributed by atoms with Gasteiger partial charge in [-0.05, 0) is 141 Å². The summed E-state index contributed by atoms with van der Waals surface area (Å²) in [4.78, 5) is 37.3. The van der Waals surface area contributed by atoms with Gasteiger partial charge in [0.05, 0.1) is 27.2 Å². The standard InChI is InChI=1S/C40H52.C27H28N2O2S.2C11H8N.C10H8N2.Ir.Pt/c1-9-33-25-17-26(34(33)10-2)22-28-19-30(38(14-6)36(28)12-4)24-32-20-31(39(15-7)40(32)16-8)23-29-18-27(21-25)35(11-3)37(29)13-5;1-15-14-27(4,5)29-11-10-26(2,3)21-22(29)17(15)12-16-13-18(25(30)31-23(16)21)24-28-19-8-6-7-9-20(19)32-24;2*1-2-6-10(7-3-1)11-8-4-5-9-12-11;1-3-7-11-9(5-1)10-6-2-4-8-12-10;;/h17-20H,9-16,21-24H2,1-8H3;6-9,12-13,15H,10-11,14H2,1-5H3;2*1-6,8-9H;1-8H;;/q-4;;2*-1;;;+4. The van der Waals surface area contributed by atoms with Gasteiger partial charge in [0.25, 0.3) is 0 Å². The molecule has 0 saturated carbocycles. The van der Waals surface area contributed by atoms with Crippen molar-refractivity contribution in [2.24, 2.45) is 0 Å². The SMILES string of the molecule is CC1CC(C)(C)N2CCC(C)(C)c3c2c1cc1cc(-c2nc4ccccc4s2)c(=O)oc31.CCc1c2[cH-]c(c1CC)Cc1[cH-]c(c(CC)c1CC)Cc1[cH-]c(c(CC)c1CC)Cc1[cH-]c(c(CC)c1CC)C2.[Ir].[Pt+4].[c-]1ccccc1-c1ccccn1.[c-]1ccccc1-c1ccccn1.c1ccc(-c2ccccn2)nc1. The van der Waals surface area contributed by atoms with Crippen molar-refractivity contribution in [3.63, 3.8) is 0 Å². The number of pyridine rings is 4. The van der Waals surface area contributed by atoms with Crippen LogP contribution in [-0.4, -0.2) is 37.0 Å². The molecule has 2 aliphatic heterocycles. The Morgan fingerprint density at radius 1 is 0.491 bits per heavy atom. The third kappa shape index (κ3) is 17.6. The Morgan fingerprint density at radius 3 is 1.22 bits per heavy atom. The maximum Gasteiger partial charge on any atom is 4.00 e. The Labute approximate surface area is 685 Å². The van der Waals surface area contributed by atoms with Crippen LogP contribution >= 0.6 is 11.3 Å². The number of anilines is 1. The first-order valence-corrected chi connectivity index (χ1v) is 40.4. The minimum absolute atomic E-state index is 0. The summed E-state index contributed by atoms with van der Waals surface area (Å²) in [5.41, 5.74) is 37.5. The molecule has 1 atom stereocenters. The molecular formula is C99H104IrN6O2PtS-2. The molecule has 3 aliphatic rings. The summed E-state index contributed by atoms with van der Waals surface area (Å²) in [6.45, 7) is 31.6. The van der Waals surface area contributed by atoms with E-state index in [9.17, 15) is 4.79 Å². The molecule has 0 amide bonds. The van der Waals surface area contributed by atoms with Gasteiger partial charge in [-0.3, -0.25) is 9.97 Å². The van der Waals surface area contributed by atoms with Crippen LogP contribution in [0.2, 0.25) is 0 Å². The number of hydrogen-bond donors (Lipinski definition) is 0. The third-order valence-corrected chi connectivity index (χ3v) is 23.8. The van der Waals surface area contributed by atoms with Crippen LogP contribution in [0.4, 0.5) is 5.69 Å². The molecular weight excluding hydrogens is 1720 g/mol. The van der Waals surface area contributed by atoms with Crippen molar-refractivity contribution in [2.75, 3.05) is 11.4 Å². The summed E-state index contributed by atoms with van der Waals surface area (Å²) in [5, 5.41) is 1.73. The van der Waals surface area contributed by atoms with Gasteiger partial charge in [-0.2, -0.15) is 113 Å². The van der Waals surface area contributed by atoms with Crippen LogP contribution in [0.1, 0.15) is 209 Å². The van der Waals surface area contributed by atoms with E-state index in [1.54, 1.807) is 125 Å². The van der Waals surface area contributed by atoms with Crippen molar-refractivity contribution >= 4 is 38.2 Å². The number of nitrogens with zero attached hydrogens (tertiary/aromatic N) is 6. The predicted molar refractivity (Wildman–Crippen MR) is 452 cm³/mol. The topological polar surface area (TPSA) is 97.9 Å². The zero-order chi connectivity index (χ0) is 75.6. The molecule has 8 bridgehead atoms. The van der Waals surface area contributed by atoms with Gasteiger partial charge in [0.1, 0.15) is 10.6 Å². The van der Waals surface area contributed by atoms with Crippen LogP contribution in [0.25, 0.3) is 65.7 Å². The number of rotatable bonds is 12. The van der Waals surface area contributed by atoms with Crippen molar-refractivity contribution in [3.05, 3.63) is 329 Å². The fourth-order valence-corrected chi connectivity index (χ4v) is 18.8. The van der Waals surface area contributed by atoms with Crippen molar-refractivity contribution in [2.45, 2.75) is 197 Å². The molecule has 1 aliphatic carbocycles. The molecule has 0 fully saturated rings. The molecule has 17 rings (SSSR count). The maximum absolute atomic E-state index is 13.2. The van der Waals surface area contributed by atoms with Gasteiger partial charge >= 0.3 is 26.7 Å². The van der Waals surface area contributed by atoms with E-state index in [-0.39, 0.29) is 57.8 Å². The number of para-hydroxylation sites is 1. The van der Waals surface area contributed by atoms with Crippen LogP contribution < -0.4 is 10.5 Å². The molecule has 8 nitrogen and oxygen atoms in total. The summed E-state index contributed by atoms with van der Waals surface area (Å²) in [6, 6.07) is 68.0. The summed E-state index contributed by atoms with van der Waals surface area (Å²) >= 11 is 1.54. The van der Waals surface area contributed by atoms with Gasteiger partial charge in [0.2, 0.25) is 0 Å². The molecule has 8 heterocycles. The van der Waals surface area contributed by atoms with Gasteiger partial charge in [-0.1, -0.05) is 176 Å². The maximum atomic E-state index is 13.2. The molecule has 0 spiro atoms. The van der Waals surface area contributed by atoms with Gasteiger partial charge in [-0.25, -0.2) is 9.78 Å². The zero-order valence-electron chi connectivity index (χ0n) is 66.4. The fraction of sp³-hybridized carbons (Fsp3) is 0.313. The normalized spacial score (nSPS) is 14.2. The Morgan fingerprint density at radius 2 is 0.864 bits per heavy atom. The Kier molecular flexibility index (Phi) is 27.6. The summed E-state index contributed by atoms with van der Waals surface area (Å²) in [5.74, 6) is 0.450. The van der Waals surface area contributed by atoms with E-state index in [1.165, 1.54) is 16.8 Å². The molecule has 6 aromatic heterocycles. The van der Waals surface area contributed by atoms with E-state index in [0.29, 0.717) is 11.5 Å². The Balaban J connectivity index is 0.000000150. The molecule has 1 unspecified atom stereocenters. The number of benzene rings is 4. The second kappa shape index (κ2) is 37.0. The first-order chi connectivity index (χ1) is 52.5. The van der Waals surface area contributed by atoms with E-state index < -0.39 is 0 Å². The van der Waals surface area contributed by atoms with Gasteiger partial charge in [-0.15, -0.1) is 83.1 Å². The zero-order valence-corrected chi connectivity index (χ0v) is 71.9. The Bertz CT molecular complexity index is 4750. The molecule has 0 N–H and O–H groups in total. The number of hydrogen-bond acceptors (Lipinski definition) is 9. The third-order valence-electron chi connectivity index (χ3n) is 22.7. The summed E-state index contributed by atoms with van der Waals surface area (Å²) in [7, 11) is 0. The predicted octanol–water partition coefficient (Wildman–Crippen LogP) is 23.8. The minimum atomic E-state index is -0.302. The number of fused-ring (bicyclic) bond motifs is 11. The number of thiazole rings is 1. The average Bonchev–Trinajstić information content (AvgIpc) is 0.982. The van der Waals surface area contributed by atoms with E-state index in [4.69, 9.17) is 9.40 Å². The molecule has 0 saturated heterocycles. The van der Waals surface area contributed by atoms with Gasteiger partial charge in [0.15, 0.2) is 0 Å². The van der Waals surface area contributed by atoms with E-state index in [1.807, 2.05) is 152 Å². The largest absolute Gasteiger partial charge is 4.00 e. The molecule has 110 heavy (non-hydrogen) atoms. The van der Waals surface area contributed by atoms with Crippen LogP contribution in [0.15, 0.2) is 216 Å². The second-order valence-electron chi connectivity index (χ2n) is 30.3. The van der Waals surface area contributed by atoms with Crippen molar-refractivity contribution in [3.8, 4) is 44.5 Å². The molecule has 569 valence electrons. The molecule has 14 aromatic rings. The van der Waals surface area contributed by atoms with E-state index in [2.05, 4.69) is 157 Å². The van der Waals surface area contributed by atoms with Crippen molar-refractivity contribution in [1.29, 1.82) is 0 Å². The average molecular weight is 1830 g/mol. The van der Waals surface area contributed by atoms with Gasteiger partial charge in [0, 0.05) is 73.6 Å². The summed E-state index contributed by atoms with van der Waals surface area (Å²) in [6.07, 6.45) is 22.7. The van der Waals surface area contributed by atoms with E-state index >= 15 is 0 Å². The van der Waals surface area contributed by atoms with E-state index in [0.717, 1.165) is 157 Å². The molecule has 1 radical (unpaired) electrons. The monoisotopic (exact) mass is 1830 g/mol. The minimum Gasteiger partial charge on any atom is -0.422 e. The number of aromatic nitrogens is 5. The quantitative estimate of drug-likeness (QED) is 0.0881.